The van der Waals surface area contributed by atoms with Crippen molar-refractivity contribution in [3.05, 3.63) is 59.5 Å². The molecule has 1 aromatic heterocycles. The Morgan fingerprint density at radius 2 is 1.85 bits per heavy atom. The van der Waals surface area contributed by atoms with Gasteiger partial charge >= 0.3 is 0 Å². The molecule has 0 saturated carbocycles. The normalized spacial score (nSPS) is 12.7. The van der Waals surface area contributed by atoms with E-state index in [9.17, 15) is 4.39 Å². The fraction of sp³-hybridized carbons (Fsp3) is 0.200. The summed E-state index contributed by atoms with van der Waals surface area (Å²) in [4.78, 5) is 8.92. The Balaban J connectivity index is 1.70. The van der Waals surface area contributed by atoms with E-state index >= 15 is 0 Å². The minimum absolute atomic E-state index is 0.263. The van der Waals surface area contributed by atoms with Crippen LogP contribution in [0.3, 0.4) is 0 Å². The van der Waals surface area contributed by atoms with Gasteiger partial charge in [-0.2, -0.15) is 0 Å². The Morgan fingerprint density at radius 3 is 2.58 bits per heavy atom. The number of halogens is 1. The highest BCUT2D eigenvalue weighted by Gasteiger charge is 2.22. The van der Waals surface area contributed by atoms with E-state index in [1.165, 1.54) is 17.7 Å². The van der Waals surface area contributed by atoms with Crippen molar-refractivity contribution in [1.29, 1.82) is 0 Å². The molecule has 0 unspecified atom stereocenters. The second-order valence-electron chi connectivity index (χ2n) is 6.02. The molecular formula is C20H18FN3O2. The molecule has 0 N–H and O–H groups in total. The van der Waals surface area contributed by atoms with E-state index in [2.05, 4.69) is 14.5 Å². The molecule has 1 aliphatic heterocycles. The zero-order valence-electron chi connectivity index (χ0n) is 14.6. The van der Waals surface area contributed by atoms with E-state index in [1.54, 1.807) is 32.6 Å². The zero-order chi connectivity index (χ0) is 18.1. The predicted octanol–water partition coefficient (Wildman–Crippen LogP) is 4.01. The van der Waals surface area contributed by atoms with Crippen molar-refractivity contribution in [3.8, 4) is 22.8 Å². The topological polar surface area (TPSA) is 48.6 Å². The summed E-state index contributed by atoms with van der Waals surface area (Å²) in [5.74, 6) is 1.79. The number of benzene rings is 2. The molecule has 1 aliphatic rings. The van der Waals surface area contributed by atoms with Gasteiger partial charge in [0.15, 0.2) is 11.5 Å². The molecule has 5 nitrogen and oxygen atoms in total. The summed E-state index contributed by atoms with van der Waals surface area (Å²) in [5.41, 5.74) is 4.10. The fourth-order valence-corrected chi connectivity index (χ4v) is 3.18. The minimum Gasteiger partial charge on any atom is -0.493 e. The number of ether oxygens (including phenoxy) is 2. The third-order valence-electron chi connectivity index (χ3n) is 4.52. The quantitative estimate of drug-likeness (QED) is 0.667. The lowest BCUT2D eigenvalue weighted by molar-refractivity contribution is 0.354. The molecule has 0 spiro atoms. The fourth-order valence-electron chi connectivity index (χ4n) is 3.18. The summed E-state index contributed by atoms with van der Waals surface area (Å²) < 4.78 is 25.9. The molecule has 0 bridgehead atoms. The van der Waals surface area contributed by atoms with E-state index in [4.69, 9.17) is 9.47 Å². The molecule has 0 radical (unpaired) electrons. The number of nitrogens with zero attached hydrogens (tertiary/aromatic N) is 3. The predicted molar refractivity (Wildman–Crippen MR) is 98.1 cm³/mol. The number of rotatable bonds is 4. The lowest BCUT2D eigenvalue weighted by Crippen LogP contribution is -2.11. The maximum Gasteiger partial charge on any atom is 0.229 e. The SMILES string of the molecule is COc1cc2c(cc1OC)-c1cnc(/N=C/c3ccc(F)cc3)n1CC2. The maximum atomic E-state index is 13.0. The second kappa shape index (κ2) is 6.63. The number of imidazole rings is 1. The van der Waals surface area contributed by atoms with E-state index in [0.717, 1.165) is 35.5 Å². The zero-order valence-corrected chi connectivity index (χ0v) is 14.6. The van der Waals surface area contributed by atoms with Crippen molar-refractivity contribution >= 4 is 12.2 Å². The van der Waals surface area contributed by atoms with Crippen LogP contribution in [0.5, 0.6) is 11.5 Å². The van der Waals surface area contributed by atoms with Crippen LogP contribution in [0.4, 0.5) is 10.3 Å². The van der Waals surface area contributed by atoms with E-state index in [1.807, 2.05) is 18.3 Å². The van der Waals surface area contributed by atoms with E-state index in [-0.39, 0.29) is 5.82 Å². The van der Waals surface area contributed by atoms with Gasteiger partial charge in [-0.25, -0.2) is 14.4 Å². The number of hydrogen-bond acceptors (Lipinski definition) is 4. The van der Waals surface area contributed by atoms with Gasteiger partial charge in [0.25, 0.3) is 0 Å². The summed E-state index contributed by atoms with van der Waals surface area (Å²) in [6, 6.07) is 10.2. The summed E-state index contributed by atoms with van der Waals surface area (Å²) in [5, 5.41) is 0. The molecule has 3 aromatic rings. The van der Waals surface area contributed by atoms with Gasteiger partial charge < -0.3 is 14.0 Å². The molecule has 0 amide bonds. The van der Waals surface area contributed by atoms with Crippen molar-refractivity contribution < 1.29 is 13.9 Å². The Kier molecular flexibility index (Phi) is 4.16. The third-order valence-corrected chi connectivity index (χ3v) is 4.52. The maximum absolute atomic E-state index is 13.0. The molecule has 0 fully saturated rings. The highest BCUT2D eigenvalue weighted by Crippen LogP contribution is 2.39. The lowest BCUT2D eigenvalue weighted by Gasteiger charge is -2.21. The second-order valence-corrected chi connectivity index (χ2v) is 6.02. The Hall–Kier alpha value is -3.15. The van der Waals surface area contributed by atoms with Crippen LogP contribution in [0, 0.1) is 5.82 Å². The van der Waals surface area contributed by atoms with Crippen LogP contribution >= 0.6 is 0 Å². The molecule has 2 aromatic carbocycles. The molecule has 132 valence electrons. The number of aromatic nitrogens is 2. The number of methoxy groups -OCH3 is 2. The number of fused-ring (bicyclic) bond motifs is 3. The first-order valence-electron chi connectivity index (χ1n) is 8.30. The van der Waals surface area contributed by atoms with Gasteiger partial charge in [-0.3, -0.25) is 0 Å². The smallest absolute Gasteiger partial charge is 0.229 e. The molecule has 0 atom stereocenters. The van der Waals surface area contributed by atoms with Gasteiger partial charge in [0.2, 0.25) is 5.95 Å². The van der Waals surface area contributed by atoms with Gasteiger partial charge in [0.05, 0.1) is 26.1 Å². The highest BCUT2D eigenvalue weighted by molar-refractivity contribution is 5.81. The first-order valence-corrected chi connectivity index (χ1v) is 8.30. The van der Waals surface area contributed by atoms with E-state index in [0.29, 0.717) is 11.7 Å². The third kappa shape index (κ3) is 2.83. The molecule has 2 heterocycles. The van der Waals surface area contributed by atoms with Gasteiger partial charge in [-0.05, 0) is 41.8 Å². The summed E-state index contributed by atoms with van der Waals surface area (Å²) >= 11 is 0. The van der Waals surface area contributed by atoms with Crippen LogP contribution in [0.1, 0.15) is 11.1 Å². The Bertz CT molecular complexity index is 977. The Morgan fingerprint density at radius 1 is 1.12 bits per heavy atom. The van der Waals surface area contributed by atoms with Crippen molar-refractivity contribution in [2.24, 2.45) is 4.99 Å². The number of aliphatic imine (C=N–C) groups is 1. The van der Waals surface area contributed by atoms with Crippen LogP contribution in [0.2, 0.25) is 0 Å². The lowest BCUT2D eigenvalue weighted by atomic mass is 9.98. The molecular weight excluding hydrogens is 333 g/mol. The van der Waals surface area contributed by atoms with Gasteiger partial charge in [0.1, 0.15) is 5.82 Å². The van der Waals surface area contributed by atoms with Crippen molar-refractivity contribution in [1.82, 2.24) is 9.55 Å². The van der Waals surface area contributed by atoms with Crippen LogP contribution in [0.15, 0.2) is 47.6 Å². The van der Waals surface area contributed by atoms with Crippen LogP contribution in [0.25, 0.3) is 11.3 Å². The standard InChI is InChI=1S/C20H18FN3O2/c1-25-18-9-14-7-8-24-17(16(14)10-19(18)26-2)12-23-20(24)22-11-13-3-5-15(21)6-4-13/h3-6,9-12H,7-8H2,1-2H3/b22-11+. The summed E-state index contributed by atoms with van der Waals surface area (Å²) in [7, 11) is 3.27. The van der Waals surface area contributed by atoms with Crippen LogP contribution in [-0.4, -0.2) is 30.0 Å². The van der Waals surface area contributed by atoms with Gasteiger partial charge in [-0.1, -0.05) is 12.1 Å². The Labute approximate surface area is 150 Å². The largest absolute Gasteiger partial charge is 0.493 e. The number of aryl methyl sites for hydroxylation is 1. The summed E-state index contributed by atoms with van der Waals surface area (Å²) in [6.07, 6.45) is 4.37. The van der Waals surface area contributed by atoms with E-state index < -0.39 is 0 Å². The first kappa shape index (κ1) is 16.3. The van der Waals surface area contributed by atoms with Crippen LogP contribution in [-0.2, 0) is 13.0 Å². The summed E-state index contributed by atoms with van der Waals surface area (Å²) in [6.45, 7) is 0.786. The van der Waals surface area contributed by atoms with Crippen molar-refractivity contribution in [3.63, 3.8) is 0 Å². The molecule has 4 rings (SSSR count). The molecule has 26 heavy (non-hydrogen) atoms. The average molecular weight is 351 g/mol. The highest BCUT2D eigenvalue weighted by atomic mass is 19.1. The number of hydrogen-bond donors (Lipinski definition) is 0. The van der Waals surface area contributed by atoms with Crippen molar-refractivity contribution in [2.45, 2.75) is 13.0 Å². The van der Waals surface area contributed by atoms with Crippen LogP contribution < -0.4 is 9.47 Å². The first-order chi connectivity index (χ1) is 12.7. The molecule has 6 heteroatoms. The molecule has 0 aliphatic carbocycles. The van der Waals surface area contributed by atoms with Crippen molar-refractivity contribution in [2.75, 3.05) is 14.2 Å². The van der Waals surface area contributed by atoms with Gasteiger partial charge in [0, 0.05) is 18.3 Å². The molecule has 0 saturated heterocycles. The minimum atomic E-state index is -0.263. The van der Waals surface area contributed by atoms with Gasteiger partial charge in [-0.15, -0.1) is 0 Å². The monoisotopic (exact) mass is 351 g/mol. The average Bonchev–Trinajstić information content (AvgIpc) is 3.09.